The van der Waals surface area contributed by atoms with Crippen molar-refractivity contribution in [2.24, 2.45) is 12.8 Å². The highest BCUT2D eigenvalue weighted by molar-refractivity contribution is 7.99. The third-order valence-electron chi connectivity index (χ3n) is 4.64. The molecule has 0 amide bonds. The molecule has 28 heavy (non-hydrogen) atoms. The summed E-state index contributed by atoms with van der Waals surface area (Å²) < 4.78 is 7.02. The molecule has 1 fully saturated rings. The number of hydrogen-bond donors (Lipinski definition) is 1. The maximum atomic E-state index is 11.5. The first-order valence-electron chi connectivity index (χ1n) is 8.40. The van der Waals surface area contributed by atoms with E-state index in [1.54, 1.807) is 23.7 Å². The van der Waals surface area contributed by atoms with E-state index in [2.05, 4.69) is 20.3 Å². The van der Waals surface area contributed by atoms with Crippen molar-refractivity contribution in [3.8, 4) is 11.5 Å². The summed E-state index contributed by atoms with van der Waals surface area (Å²) in [4.78, 5) is 15.9. The molecule has 0 aliphatic heterocycles. The van der Waals surface area contributed by atoms with Crippen molar-refractivity contribution in [1.29, 1.82) is 0 Å². The van der Waals surface area contributed by atoms with Gasteiger partial charge in [0.1, 0.15) is 6.33 Å². The summed E-state index contributed by atoms with van der Waals surface area (Å²) in [5, 5.41) is 23.8. The fraction of sp³-hybridized carbons (Fsp3) is 0.375. The fourth-order valence-corrected chi connectivity index (χ4v) is 3.97. The predicted octanol–water partition coefficient (Wildman–Crippen LogP) is 3.07. The number of benzene rings is 1. The monoisotopic (exact) mass is 423 g/mol. The molecule has 0 spiro atoms. The zero-order valence-electron chi connectivity index (χ0n) is 14.9. The molecule has 10 nitrogen and oxygen atoms in total. The lowest BCUT2D eigenvalue weighted by atomic mass is 9.99. The van der Waals surface area contributed by atoms with Gasteiger partial charge in [-0.3, -0.25) is 10.1 Å². The van der Waals surface area contributed by atoms with Gasteiger partial charge in [-0.2, -0.15) is 4.98 Å². The van der Waals surface area contributed by atoms with Crippen molar-refractivity contribution >= 4 is 29.9 Å². The summed E-state index contributed by atoms with van der Waals surface area (Å²) in [5.74, 6) is 0.676. The van der Waals surface area contributed by atoms with Gasteiger partial charge in [-0.1, -0.05) is 18.0 Å². The van der Waals surface area contributed by atoms with Crippen LogP contribution in [-0.2, 0) is 12.6 Å². The molecule has 2 N–H and O–H groups in total. The van der Waals surface area contributed by atoms with Gasteiger partial charge in [0, 0.05) is 18.7 Å². The van der Waals surface area contributed by atoms with Crippen molar-refractivity contribution in [2.75, 3.05) is 0 Å². The number of rotatable bonds is 5. The van der Waals surface area contributed by atoms with Crippen molar-refractivity contribution in [3.05, 3.63) is 40.5 Å². The van der Waals surface area contributed by atoms with Crippen LogP contribution in [0.5, 0.6) is 0 Å². The molecule has 0 atom stereocenters. The zero-order valence-corrected chi connectivity index (χ0v) is 16.6. The Morgan fingerprint density at radius 1 is 1.36 bits per heavy atom. The molecule has 0 bridgehead atoms. The third-order valence-corrected chi connectivity index (χ3v) is 5.76. The topological polar surface area (TPSA) is 139 Å². The molecule has 1 saturated carbocycles. The summed E-state index contributed by atoms with van der Waals surface area (Å²) >= 11 is 1.17. The molecule has 0 unspecified atom stereocenters. The van der Waals surface area contributed by atoms with Crippen LogP contribution in [0.3, 0.4) is 0 Å². The minimum atomic E-state index is -0.575. The molecule has 1 aromatic carbocycles. The van der Waals surface area contributed by atoms with E-state index in [0.717, 1.165) is 25.7 Å². The van der Waals surface area contributed by atoms with Crippen LogP contribution in [0, 0.1) is 10.1 Å². The largest absolute Gasteiger partial charge is 0.334 e. The lowest BCUT2D eigenvalue weighted by Crippen LogP contribution is -2.34. The first kappa shape index (κ1) is 20.2. The molecule has 2 aromatic heterocycles. The van der Waals surface area contributed by atoms with Gasteiger partial charge in [0.05, 0.1) is 15.4 Å². The number of aromatic nitrogens is 5. The van der Waals surface area contributed by atoms with Crippen LogP contribution < -0.4 is 5.73 Å². The average molecular weight is 424 g/mol. The Labute approximate surface area is 170 Å². The molecular weight excluding hydrogens is 406 g/mol. The van der Waals surface area contributed by atoms with Gasteiger partial charge in [0.2, 0.25) is 0 Å². The van der Waals surface area contributed by atoms with Crippen molar-refractivity contribution in [2.45, 2.75) is 41.3 Å². The maximum Gasteiger partial charge on any atom is 0.284 e. The van der Waals surface area contributed by atoms with Crippen LogP contribution in [0.15, 0.2) is 39.1 Å². The highest BCUT2D eigenvalue weighted by Gasteiger charge is 2.36. The van der Waals surface area contributed by atoms with E-state index in [-0.39, 0.29) is 24.0 Å². The highest BCUT2D eigenvalue weighted by atomic mass is 35.5. The summed E-state index contributed by atoms with van der Waals surface area (Å²) in [7, 11) is 1.77. The van der Waals surface area contributed by atoms with E-state index in [1.807, 2.05) is 0 Å². The normalized spacial score (nSPS) is 15.4. The average Bonchev–Trinajstić information content (AvgIpc) is 3.38. The molecule has 3 aromatic rings. The van der Waals surface area contributed by atoms with Crippen LogP contribution in [0.1, 0.15) is 31.5 Å². The van der Waals surface area contributed by atoms with Crippen LogP contribution in [0.4, 0.5) is 5.69 Å². The van der Waals surface area contributed by atoms with Gasteiger partial charge in [-0.05, 0) is 36.7 Å². The van der Waals surface area contributed by atoms with Gasteiger partial charge in [-0.25, -0.2) is 0 Å². The second-order valence-electron chi connectivity index (χ2n) is 6.55. The fourth-order valence-electron chi connectivity index (χ4n) is 3.12. The van der Waals surface area contributed by atoms with Crippen molar-refractivity contribution in [1.82, 2.24) is 24.9 Å². The number of nitro benzene ring substituents is 1. The number of halogens is 1. The summed E-state index contributed by atoms with van der Waals surface area (Å²) in [6.45, 7) is 0. The van der Waals surface area contributed by atoms with Crippen LogP contribution in [0.25, 0.3) is 11.5 Å². The Balaban J connectivity index is 0.00000225. The Morgan fingerprint density at radius 3 is 2.75 bits per heavy atom. The molecule has 2 heterocycles. The van der Waals surface area contributed by atoms with Gasteiger partial charge in [-0.15, -0.1) is 22.6 Å². The molecule has 12 heteroatoms. The first-order chi connectivity index (χ1) is 13.0. The van der Waals surface area contributed by atoms with Crippen LogP contribution >= 0.6 is 24.2 Å². The predicted molar refractivity (Wildman–Crippen MR) is 103 cm³/mol. The number of hydrogen-bond acceptors (Lipinski definition) is 9. The molecular formula is C16H18ClN7O3S. The highest BCUT2D eigenvalue weighted by Crippen LogP contribution is 2.38. The summed E-state index contributed by atoms with van der Waals surface area (Å²) in [6.07, 6.45) is 5.20. The maximum absolute atomic E-state index is 11.5. The molecule has 148 valence electrons. The van der Waals surface area contributed by atoms with Crippen molar-refractivity contribution in [3.63, 3.8) is 0 Å². The quantitative estimate of drug-likeness (QED) is 0.484. The summed E-state index contributed by atoms with van der Waals surface area (Å²) in [5.41, 5.74) is 6.19. The van der Waals surface area contributed by atoms with E-state index < -0.39 is 10.5 Å². The zero-order chi connectivity index (χ0) is 19.0. The Morgan fingerprint density at radius 2 is 2.11 bits per heavy atom. The number of nitro groups is 1. The molecule has 1 aliphatic rings. The first-order valence-corrected chi connectivity index (χ1v) is 9.22. The van der Waals surface area contributed by atoms with Gasteiger partial charge >= 0.3 is 0 Å². The van der Waals surface area contributed by atoms with E-state index in [9.17, 15) is 10.1 Å². The SMILES string of the molecule is Cl.Cn1cnnc1Sc1ccc(-c2nc(C3(N)CCCC3)no2)cc1[N+](=O)[O-]. The minimum Gasteiger partial charge on any atom is -0.334 e. The second kappa shape index (κ2) is 7.86. The van der Waals surface area contributed by atoms with E-state index in [0.29, 0.717) is 21.4 Å². The third kappa shape index (κ3) is 3.73. The number of nitrogens with two attached hydrogens (primary N) is 1. The van der Waals surface area contributed by atoms with Crippen LogP contribution in [-0.4, -0.2) is 29.8 Å². The lowest BCUT2D eigenvalue weighted by molar-refractivity contribution is -0.387. The van der Waals surface area contributed by atoms with Crippen LogP contribution in [0.2, 0.25) is 0 Å². The van der Waals surface area contributed by atoms with E-state index in [4.69, 9.17) is 10.3 Å². The van der Waals surface area contributed by atoms with E-state index in [1.165, 1.54) is 24.2 Å². The van der Waals surface area contributed by atoms with Gasteiger partial charge in [0.25, 0.3) is 11.6 Å². The molecule has 4 rings (SSSR count). The minimum absolute atomic E-state index is 0. The second-order valence-corrected chi connectivity index (χ2v) is 7.56. The Bertz CT molecular complexity index is 1000. The van der Waals surface area contributed by atoms with Gasteiger partial charge < -0.3 is 14.8 Å². The van der Waals surface area contributed by atoms with Crippen molar-refractivity contribution < 1.29 is 9.45 Å². The summed E-state index contributed by atoms with van der Waals surface area (Å²) in [6, 6.07) is 4.78. The number of aryl methyl sites for hydroxylation is 1. The standard InChI is InChI=1S/C16H17N7O3S.ClH/c1-22-9-18-20-15(22)27-12-5-4-10(8-11(12)23(24)25)13-19-14(21-26-13)16(17)6-2-3-7-16;/h4-5,8-9H,2-3,6-7,17H2,1H3;1H. The lowest BCUT2D eigenvalue weighted by Gasteiger charge is -2.17. The smallest absolute Gasteiger partial charge is 0.284 e. The molecule has 0 radical (unpaired) electrons. The Hall–Kier alpha value is -2.50. The van der Waals surface area contributed by atoms with E-state index >= 15 is 0 Å². The Kier molecular flexibility index (Phi) is 5.68. The molecule has 1 aliphatic carbocycles. The molecule has 0 saturated heterocycles. The number of nitrogens with zero attached hydrogens (tertiary/aromatic N) is 6. The van der Waals surface area contributed by atoms with Gasteiger partial charge in [0.15, 0.2) is 11.0 Å².